The summed E-state index contributed by atoms with van der Waals surface area (Å²) < 4.78 is 30.9. The van der Waals surface area contributed by atoms with Crippen LogP contribution in [0.4, 0.5) is 4.39 Å². The first-order valence-electron chi connectivity index (χ1n) is 8.35. The van der Waals surface area contributed by atoms with Crippen molar-refractivity contribution in [3.8, 4) is 28.9 Å². The average molecular weight is 369 g/mol. The van der Waals surface area contributed by atoms with Crippen LogP contribution >= 0.6 is 0 Å². The third kappa shape index (κ3) is 3.33. The summed E-state index contributed by atoms with van der Waals surface area (Å²) in [5, 5.41) is 4.17. The first-order valence-corrected chi connectivity index (χ1v) is 8.35. The molecule has 0 aliphatic carbocycles. The second kappa shape index (κ2) is 6.71. The Bertz CT molecular complexity index is 1020. The van der Waals surface area contributed by atoms with Crippen molar-refractivity contribution in [1.29, 1.82) is 0 Å². The van der Waals surface area contributed by atoms with E-state index in [9.17, 15) is 9.18 Å². The van der Waals surface area contributed by atoms with Gasteiger partial charge in [0.25, 0.3) is 5.91 Å². The summed E-state index contributed by atoms with van der Waals surface area (Å²) in [6.45, 7) is 3.75. The highest BCUT2D eigenvalue weighted by Gasteiger charge is 2.23. The number of fused-ring (bicyclic) bond motifs is 1. The maximum atomic E-state index is 13.7. The van der Waals surface area contributed by atoms with E-state index in [0.29, 0.717) is 22.6 Å². The van der Waals surface area contributed by atoms with Gasteiger partial charge in [-0.1, -0.05) is 12.1 Å². The van der Waals surface area contributed by atoms with Gasteiger partial charge >= 0.3 is 6.01 Å². The summed E-state index contributed by atoms with van der Waals surface area (Å²) in [7, 11) is 0. The van der Waals surface area contributed by atoms with Gasteiger partial charge in [0.2, 0.25) is 6.79 Å². The van der Waals surface area contributed by atoms with Gasteiger partial charge in [-0.2, -0.15) is 9.67 Å². The molecule has 3 aromatic rings. The Balaban J connectivity index is 1.78. The number of benzene rings is 2. The van der Waals surface area contributed by atoms with E-state index >= 15 is 0 Å². The molecular formula is C19H16FN3O4. The highest BCUT2D eigenvalue weighted by Crippen LogP contribution is 2.33. The van der Waals surface area contributed by atoms with Gasteiger partial charge in [0.05, 0.1) is 6.10 Å². The molecule has 0 N–H and O–H groups in total. The van der Waals surface area contributed by atoms with E-state index in [1.54, 1.807) is 24.3 Å². The van der Waals surface area contributed by atoms with Crippen molar-refractivity contribution in [2.45, 2.75) is 20.0 Å². The Hall–Kier alpha value is -3.42. The molecule has 0 bridgehead atoms. The van der Waals surface area contributed by atoms with Gasteiger partial charge in [0.15, 0.2) is 17.3 Å². The van der Waals surface area contributed by atoms with Crippen LogP contribution in [0.25, 0.3) is 11.4 Å². The summed E-state index contributed by atoms with van der Waals surface area (Å²) in [6.07, 6.45) is -0.179. The smallest absolute Gasteiger partial charge is 0.336 e. The van der Waals surface area contributed by atoms with Crippen molar-refractivity contribution in [1.82, 2.24) is 14.8 Å². The lowest BCUT2D eigenvalue weighted by Crippen LogP contribution is -2.15. The van der Waals surface area contributed by atoms with Crippen molar-refractivity contribution >= 4 is 5.91 Å². The predicted molar refractivity (Wildman–Crippen MR) is 93.5 cm³/mol. The van der Waals surface area contributed by atoms with Gasteiger partial charge < -0.3 is 14.2 Å². The van der Waals surface area contributed by atoms with E-state index in [1.165, 1.54) is 18.2 Å². The molecule has 1 aliphatic heterocycles. The number of hydrogen-bond donors (Lipinski definition) is 0. The topological polar surface area (TPSA) is 75.5 Å². The van der Waals surface area contributed by atoms with Crippen molar-refractivity contribution < 1.29 is 23.4 Å². The van der Waals surface area contributed by atoms with E-state index in [1.807, 2.05) is 13.8 Å². The number of rotatable bonds is 4. The summed E-state index contributed by atoms with van der Waals surface area (Å²) in [6, 6.07) is 10.7. The van der Waals surface area contributed by atoms with Gasteiger partial charge in [-0.15, -0.1) is 5.10 Å². The molecule has 4 rings (SSSR count). The normalized spacial score (nSPS) is 12.4. The fourth-order valence-electron chi connectivity index (χ4n) is 2.66. The molecule has 0 radical (unpaired) electrons. The molecule has 1 aliphatic rings. The second-order valence-corrected chi connectivity index (χ2v) is 6.18. The van der Waals surface area contributed by atoms with Crippen LogP contribution < -0.4 is 14.2 Å². The van der Waals surface area contributed by atoms with E-state index < -0.39 is 11.7 Å². The number of nitrogens with zero attached hydrogens (tertiary/aromatic N) is 3. The van der Waals surface area contributed by atoms with Gasteiger partial charge in [-0.3, -0.25) is 4.79 Å². The molecule has 1 aromatic heterocycles. The lowest BCUT2D eigenvalue weighted by atomic mass is 10.1. The maximum absolute atomic E-state index is 13.7. The molecule has 2 aromatic carbocycles. The van der Waals surface area contributed by atoms with Gasteiger partial charge in [-0.05, 0) is 44.2 Å². The summed E-state index contributed by atoms with van der Waals surface area (Å²) in [5.41, 5.74) is 0.744. The van der Waals surface area contributed by atoms with Crippen molar-refractivity contribution in [3.63, 3.8) is 0 Å². The second-order valence-electron chi connectivity index (χ2n) is 6.18. The van der Waals surface area contributed by atoms with Crippen LogP contribution in [0.1, 0.15) is 24.2 Å². The molecule has 138 valence electrons. The Morgan fingerprint density at radius 1 is 1.19 bits per heavy atom. The molecule has 0 saturated carbocycles. The Labute approximate surface area is 154 Å². The van der Waals surface area contributed by atoms with E-state index in [-0.39, 0.29) is 24.7 Å². The Morgan fingerprint density at radius 2 is 2.00 bits per heavy atom. The molecule has 0 fully saturated rings. The third-order valence-corrected chi connectivity index (χ3v) is 3.82. The van der Waals surface area contributed by atoms with Crippen LogP contribution in [0.2, 0.25) is 0 Å². The number of carbonyl (C=O) groups excluding carboxylic acids is 1. The van der Waals surface area contributed by atoms with Crippen molar-refractivity contribution in [3.05, 3.63) is 53.8 Å². The molecule has 27 heavy (non-hydrogen) atoms. The Morgan fingerprint density at radius 3 is 2.78 bits per heavy atom. The molecule has 0 amide bonds. The van der Waals surface area contributed by atoms with Gasteiger partial charge in [0.1, 0.15) is 5.82 Å². The average Bonchev–Trinajstić information content (AvgIpc) is 3.26. The zero-order valence-corrected chi connectivity index (χ0v) is 14.7. The Kier molecular flexibility index (Phi) is 4.23. The minimum absolute atomic E-state index is 0.0401. The van der Waals surface area contributed by atoms with Crippen LogP contribution in [0.3, 0.4) is 0 Å². The molecule has 0 unspecified atom stereocenters. The number of hydrogen-bond acceptors (Lipinski definition) is 6. The van der Waals surface area contributed by atoms with Crippen molar-refractivity contribution in [2.75, 3.05) is 6.79 Å². The van der Waals surface area contributed by atoms with Crippen LogP contribution in [0, 0.1) is 5.82 Å². The molecule has 0 saturated heterocycles. The summed E-state index contributed by atoms with van der Waals surface area (Å²) in [4.78, 5) is 17.3. The van der Waals surface area contributed by atoms with E-state index in [0.717, 1.165) is 4.68 Å². The molecular weight excluding hydrogens is 353 g/mol. The monoisotopic (exact) mass is 369 g/mol. The highest BCUT2D eigenvalue weighted by atomic mass is 19.1. The van der Waals surface area contributed by atoms with Gasteiger partial charge in [-0.25, -0.2) is 4.39 Å². The quantitative estimate of drug-likeness (QED) is 0.702. The van der Waals surface area contributed by atoms with Crippen molar-refractivity contribution in [2.24, 2.45) is 0 Å². The fraction of sp³-hybridized carbons (Fsp3) is 0.211. The zero-order valence-electron chi connectivity index (χ0n) is 14.7. The largest absolute Gasteiger partial charge is 0.460 e. The van der Waals surface area contributed by atoms with E-state index in [4.69, 9.17) is 14.2 Å². The minimum atomic E-state index is -0.446. The molecule has 0 spiro atoms. The molecule has 7 nitrogen and oxygen atoms in total. The first kappa shape index (κ1) is 17.0. The first-order chi connectivity index (χ1) is 13.0. The fourth-order valence-corrected chi connectivity index (χ4v) is 2.66. The maximum Gasteiger partial charge on any atom is 0.336 e. The zero-order chi connectivity index (χ0) is 19.0. The number of carbonyl (C=O) groups is 1. The molecule has 8 heteroatoms. The van der Waals surface area contributed by atoms with Crippen LogP contribution in [-0.2, 0) is 0 Å². The molecule has 2 heterocycles. The summed E-state index contributed by atoms with van der Waals surface area (Å²) >= 11 is 0. The molecule has 0 atom stereocenters. The minimum Gasteiger partial charge on any atom is -0.460 e. The summed E-state index contributed by atoms with van der Waals surface area (Å²) in [5.74, 6) is 0.349. The standard InChI is InChI=1S/C19H16FN3O4/c1-11(2)27-19-21-17(12-4-3-5-14(20)8-12)23(22-19)18(24)13-6-7-15-16(9-13)26-10-25-15/h3-9,11H,10H2,1-2H3. The number of halogens is 1. The van der Waals surface area contributed by atoms with Crippen LogP contribution in [0.15, 0.2) is 42.5 Å². The third-order valence-electron chi connectivity index (χ3n) is 3.82. The lowest BCUT2D eigenvalue weighted by Gasteiger charge is -2.06. The van der Waals surface area contributed by atoms with Crippen LogP contribution in [0.5, 0.6) is 17.5 Å². The highest BCUT2D eigenvalue weighted by molar-refractivity contribution is 5.98. The van der Waals surface area contributed by atoms with E-state index in [2.05, 4.69) is 10.1 Å². The predicted octanol–water partition coefficient (Wildman–Crippen LogP) is 3.29. The SMILES string of the molecule is CC(C)Oc1nc(-c2cccc(F)c2)n(C(=O)c2ccc3c(c2)OCO3)n1. The number of ether oxygens (including phenoxy) is 3. The van der Waals surface area contributed by atoms with Crippen LogP contribution in [-0.4, -0.2) is 33.6 Å². The van der Waals surface area contributed by atoms with Gasteiger partial charge in [0, 0.05) is 11.1 Å². The number of aromatic nitrogens is 3. The lowest BCUT2D eigenvalue weighted by molar-refractivity contribution is 0.0943.